The predicted molar refractivity (Wildman–Crippen MR) is 75.8 cm³/mol. The minimum Gasteiger partial charge on any atom is -0.325 e. The van der Waals surface area contributed by atoms with E-state index in [2.05, 4.69) is 21.2 Å². The van der Waals surface area contributed by atoms with Crippen molar-refractivity contribution in [3.63, 3.8) is 0 Å². The van der Waals surface area contributed by atoms with Crippen LogP contribution in [0.3, 0.4) is 0 Å². The summed E-state index contributed by atoms with van der Waals surface area (Å²) in [7, 11) is -3.19. The van der Waals surface area contributed by atoms with Crippen molar-refractivity contribution < 1.29 is 13.2 Å². The molecule has 0 heterocycles. The number of nitrogens with one attached hydrogen (secondary N) is 1. The van der Waals surface area contributed by atoms with Crippen LogP contribution in [-0.2, 0) is 14.6 Å². The van der Waals surface area contributed by atoms with Crippen LogP contribution in [0.2, 0.25) is 0 Å². The van der Waals surface area contributed by atoms with Crippen molar-refractivity contribution in [1.82, 2.24) is 0 Å². The zero-order valence-corrected chi connectivity index (χ0v) is 12.7. The molecule has 18 heavy (non-hydrogen) atoms. The van der Waals surface area contributed by atoms with Gasteiger partial charge in [0, 0.05) is 5.69 Å². The molecule has 1 unspecified atom stereocenters. The summed E-state index contributed by atoms with van der Waals surface area (Å²) >= 11 is 3.25. The molecule has 0 aliphatic rings. The maximum Gasteiger partial charge on any atom is 0.238 e. The van der Waals surface area contributed by atoms with Gasteiger partial charge in [0.25, 0.3) is 0 Å². The summed E-state index contributed by atoms with van der Waals surface area (Å²) in [6.45, 7) is 3.50. The Morgan fingerprint density at radius 2 is 1.83 bits per heavy atom. The van der Waals surface area contributed by atoms with E-state index in [0.29, 0.717) is 12.1 Å². The standard InChI is InChI=1S/C12H16BrNO3S/c1-3-11(13)12(15)14-9-5-7-10(8-6-9)18(16,17)4-2/h5-8,11H,3-4H2,1-2H3,(H,14,15). The molecule has 1 aromatic rings. The summed E-state index contributed by atoms with van der Waals surface area (Å²) in [5.74, 6) is -0.0681. The van der Waals surface area contributed by atoms with Crippen molar-refractivity contribution in [2.24, 2.45) is 0 Å². The predicted octanol–water partition coefficient (Wildman–Crippen LogP) is 2.59. The molecule has 0 saturated heterocycles. The first kappa shape index (κ1) is 15.2. The molecule has 1 aromatic carbocycles. The smallest absolute Gasteiger partial charge is 0.238 e. The van der Waals surface area contributed by atoms with Crippen molar-refractivity contribution in [3.05, 3.63) is 24.3 Å². The molecular formula is C12H16BrNO3S. The molecule has 0 radical (unpaired) electrons. The van der Waals surface area contributed by atoms with Gasteiger partial charge in [-0.2, -0.15) is 0 Å². The SMILES string of the molecule is CCC(Br)C(=O)Nc1ccc(S(=O)(=O)CC)cc1. The average Bonchev–Trinajstić information content (AvgIpc) is 2.38. The lowest BCUT2D eigenvalue weighted by molar-refractivity contribution is -0.115. The van der Waals surface area contributed by atoms with Gasteiger partial charge in [0.2, 0.25) is 5.91 Å². The van der Waals surface area contributed by atoms with Crippen molar-refractivity contribution in [3.8, 4) is 0 Å². The summed E-state index contributed by atoms with van der Waals surface area (Å²) < 4.78 is 23.2. The van der Waals surface area contributed by atoms with Gasteiger partial charge >= 0.3 is 0 Å². The Hall–Kier alpha value is -0.880. The molecule has 6 heteroatoms. The van der Waals surface area contributed by atoms with Gasteiger partial charge in [0.05, 0.1) is 15.5 Å². The topological polar surface area (TPSA) is 63.2 Å². The fourth-order valence-electron chi connectivity index (χ4n) is 1.32. The quantitative estimate of drug-likeness (QED) is 0.842. The Kier molecular flexibility index (Phi) is 5.34. The fourth-order valence-corrected chi connectivity index (χ4v) is 2.32. The molecular weight excluding hydrogens is 318 g/mol. The summed E-state index contributed by atoms with van der Waals surface area (Å²) in [4.78, 5) is 11.6. The highest BCUT2D eigenvalue weighted by Crippen LogP contribution is 2.16. The second-order valence-corrected chi connectivity index (χ2v) is 7.18. The van der Waals surface area contributed by atoms with Gasteiger partial charge in [-0.25, -0.2) is 8.42 Å². The fraction of sp³-hybridized carbons (Fsp3) is 0.417. The summed E-state index contributed by atoms with van der Waals surface area (Å²) in [5, 5.41) is 2.71. The van der Waals surface area contributed by atoms with Gasteiger partial charge in [0.1, 0.15) is 0 Å². The van der Waals surface area contributed by atoms with Crippen LogP contribution in [-0.4, -0.2) is 24.9 Å². The Balaban J connectivity index is 2.82. The first-order valence-electron chi connectivity index (χ1n) is 5.68. The van der Waals surface area contributed by atoms with Crippen LogP contribution in [0.25, 0.3) is 0 Å². The van der Waals surface area contributed by atoms with Gasteiger partial charge in [-0.05, 0) is 30.7 Å². The Morgan fingerprint density at radius 1 is 1.28 bits per heavy atom. The van der Waals surface area contributed by atoms with Crippen LogP contribution >= 0.6 is 15.9 Å². The number of benzene rings is 1. The first-order valence-corrected chi connectivity index (χ1v) is 8.25. The molecule has 0 aliphatic heterocycles. The van der Waals surface area contributed by atoms with E-state index >= 15 is 0 Å². The number of anilines is 1. The van der Waals surface area contributed by atoms with Crippen LogP contribution in [0, 0.1) is 0 Å². The lowest BCUT2D eigenvalue weighted by Crippen LogP contribution is -2.21. The highest BCUT2D eigenvalue weighted by molar-refractivity contribution is 9.10. The maximum atomic E-state index is 11.6. The van der Waals surface area contributed by atoms with E-state index in [1.807, 2.05) is 6.92 Å². The van der Waals surface area contributed by atoms with Crippen LogP contribution in [0.15, 0.2) is 29.2 Å². The summed E-state index contributed by atoms with van der Waals surface area (Å²) in [5.41, 5.74) is 0.591. The van der Waals surface area contributed by atoms with E-state index in [0.717, 1.165) is 0 Å². The summed E-state index contributed by atoms with van der Waals surface area (Å²) in [6, 6.07) is 6.19. The normalized spacial score (nSPS) is 13.1. The Morgan fingerprint density at radius 3 is 2.28 bits per heavy atom. The molecule has 0 bridgehead atoms. The minimum absolute atomic E-state index is 0.0675. The largest absolute Gasteiger partial charge is 0.325 e. The zero-order chi connectivity index (χ0) is 13.8. The third-order valence-corrected chi connectivity index (χ3v) is 5.32. The van der Waals surface area contributed by atoms with E-state index < -0.39 is 9.84 Å². The number of carbonyl (C=O) groups is 1. The number of carbonyl (C=O) groups excluding carboxylic acids is 1. The van der Waals surface area contributed by atoms with Crippen molar-refractivity contribution in [2.75, 3.05) is 11.1 Å². The van der Waals surface area contributed by atoms with Crippen LogP contribution in [0.1, 0.15) is 20.3 Å². The number of alkyl halides is 1. The van der Waals surface area contributed by atoms with E-state index in [4.69, 9.17) is 0 Å². The van der Waals surface area contributed by atoms with E-state index in [-0.39, 0.29) is 21.4 Å². The van der Waals surface area contributed by atoms with Gasteiger partial charge in [-0.3, -0.25) is 4.79 Å². The van der Waals surface area contributed by atoms with Crippen molar-refractivity contribution in [2.45, 2.75) is 30.0 Å². The zero-order valence-electron chi connectivity index (χ0n) is 10.3. The molecule has 0 aromatic heterocycles. The molecule has 0 fully saturated rings. The summed E-state index contributed by atoms with van der Waals surface area (Å²) in [6.07, 6.45) is 0.689. The number of hydrogen-bond donors (Lipinski definition) is 1. The molecule has 100 valence electrons. The number of sulfone groups is 1. The molecule has 1 atom stereocenters. The molecule has 0 spiro atoms. The third-order valence-electron chi connectivity index (χ3n) is 2.50. The third kappa shape index (κ3) is 3.81. The molecule has 4 nitrogen and oxygen atoms in total. The van der Waals surface area contributed by atoms with Gasteiger partial charge < -0.3 is 5.32 Å². The Labute approximate surface area is 116 Å². The lowest BCUT2D eigenvalue weighted by atomic mass is 10.3. The van der Waals surface area contributed by atoms with Crippen LogP contribution < -0.4 is 5.32 Å². The van der Waals surface area contributed by atoms with E-state index in [1.165, 1.54) is 12.1 Å². The van der Waals surface area contributed by atoms with Gasteiger partial charge in [-0.1, -0.05) is 29.8 Å². The van der Waals surface area contributed by atoms with Gasteiger partial charge in [-0.15, -0.1) is 0 Å². The number of hydrogen-bond acceptors (Lipinski definition) is 3. The molecule has 0 saturated carbocycles. The number of halogens is 1. The van der Waals surface area contributed by atoms with E-state index in [1.54, 1.807) is 19.1 Å². The molecule has 0 aliphatic carbocycles. The lowest BCUT2D eigenvalue weighted by Gasteiger charge is -2.09. The highest BCUT2D eigenvalue weighted by atomic mass is 79.9. The molecule has 1 rings (SSSR count). The molecule has 1 amide bonds. The van der Waals surface area contributed by atoms with E-state index in [9.17, 15) is 13.2 Å². The second kappa shape index (κ2) is 6.33. The Bertz CT molecular complexity index is 511. The highest BCUT2D eigenvalue weighted by Gasteiger charge is 2.14. The number of rotatable bonds is 5. The monoisotopic (exact) mass is 333 g/mol. The molecule has 1 N–H and O–H groups in total. The van der Waals surface area contributed by atoms with Crippen molar-refractivity contribution in [1.29, 1.82) is 0 Å². The second-order valence-electron chi connectivity index (χ2n) is 3.79. The number of amides is 1. The average molecular weight is 334 g/mol. The first-order chi connectivity index (χ1) is 8.40. The van der Waals surface area contributed by atoms with Crippen LogP contribution in [0.5, 0.6) is 0 Å². The van der Waals surface area contributed by atoms with Gasteiger partial charge in [0.15, 0.2) is 9.84 Å². The van der Waals surface area contributed by atoms with Crippen LogP contribution in [0.4, 0.5) is 5.69 Å². The maximum absolute atomic E-state index is 11.6. The minimum atomic E-state index is -3.19. The van der Waals surface area contributed by atoms with Crippen molar-refractivity contribution >= 4 is 37.4 Å².